The van der Waals surface area contributed by atoms with Gasteiger partial charge >= 0.3 is 0 Å². The third-order valence-corrected chi connectivity index (χ3v) is 6.32. The smallest absolute Gasteiger partial charge is 0.241 e. The summed E-state index contributed by atoms with van der Waals surface area (Å²) in [4.78, 5) is 26.3. The SMILES string of the molecule is COCOc1cc(OCOC)c(C(=O)C2CCC2NC(=O)C2NCc3ccccc32)cc1Cl. The Balaban J connectivity index is 1.48. The molecule has 8 nitrogen and oxygen atoms in total. The van der Waals surface area contributed by atoms with Crippen molar-refractivity contribution in [2.45, 2.75) is 31.5 Å². The first-order valence-electron chi connectivity index (χ1n) is 10.8. The number of nitrogens with one attached hydrogen (secondary N) is 2. The van der Waals surface area contributed by atoms with Gasteiger partial charge in [-0.05, 0) is 30.0 Å². The molecule has 2 aliphatic rings. The minimum atomic E-state index is -0.412. The molecule has 33 heavy (non-hydrogen) atoms. The maximum atomic E-state index is 13.4. The molecule has 2 N–H and O–H groups in total. The van der Waals surface area contributed by atoms with Crippen LogP contribution in [0.2, 0.25) is 5.02 Å². The van der Waals surface area contributed by atoms with Crippen LogP contribution in [0.5, 0.6) is 11.5 Å². The van der Waals surface area contributed by atoms with Gasteiger partial charge in [-0.25, -0.2) is 0 Å². The quantitative estimate of drug-likeness (QED) is 0.403. The molecule has 0 spiro atoms. The van der Waals surface area contributed by atoms with Crippen LogP contribution in [0.15, 0.2) is 36.4 Å². The highest BCUT2D eigenvalue weighted by Gasteiger charge is 2.40. The summed E-state index contributed by atoms with van der Waals surface area (Å²) in [6, 6.07) is 10.3. The molecule has 2 aromatic rings. The van der Waals surface area contributed by atoms with Crippen LogP contribution in [0.25, 0.3) is 0 Å². The molecule has 0 aromatic heterocycles. The monoisotopic (exact) mass is 474 g/mol. The fourth-order valence-electron chi connectivity index (χ4n) is 4.19. The van der Waals surface area contributed by atoms with Crippen molar-refractivity contribution in [3.63, 3.8) is 0 Å². The van der Waals surface area contributed by atoms with Crippen LogP contribution in [-0.4, -0.2) is 45.5 Å². The van der Waals surface area contributed by atoms with Gasteiger partial charge in [-0.3, -0.25) is 14.9 Å². The molecule has 176 valence electrons. The van der Waals surface area contributed by atoms with Gasteiger partial charge in [0.1, 0.15) is 17.5 Å². The number of fused-ring (bicyclic) bond motifs is 1. The number of rotatable bonds is 10. The van der Waals surface area contributed by atoms with Crippen molar-refractivity contribution >= 4 is 23.3 Å². The zero-order valence-electron chi connectivity index (χ0n) is 18.6. The van der Waals surface area contributed by atoms with Crippen LogP contribution in [0.3, 0.4) is 0 Å². The molecule has 0 bridgehead atoms. The van der Waals surface area contributed by atoms with Crippen molar-refractivity contribution < 1.29 is 28.5 Å². The Kier molecular flexibility index (Phi) is 7.49. The van der Waals surface area contributed by atoms with Crippen molar-refractivity contribution in [2.75, 3.05) is 27.8 Å². The van der Waals surface area contributed by atoms with Crippen LogP contribution in [0.1, 0.15) is 40.4 Å². The Hall–Kier alpha value is -2.65. The van der Waals surface area contributed by atoms with E-state index in [1.807, 2.05) is 24.3 Å². The number of methoxy groups -OCH3 is 2. The standard InChI is InChI=1S/C24H27ClN2O6/c1-30-12-32-20-10-21(33-13-31-2)18(25)9-17(20)23(28)16-7-8-19(16)27-24(29)22-15-6-4-3-5-14(15)11-26-22/h3-6,9-10,16,19,22,26H,7-8,11-13H2,1-2H3,(H,27,29). The molecule has 3 unspecified atom stereocenters. The van der Waals surface area contributed by atoms with Crippen molar-refractivity contribution in [3.05, 3.63) is 58.1 Å². The summed E-state index contributed by atoms with van der Waals surface area (Å²) in [6.07, 6.45) is 1.40. The summed E-state index contributed by atoms with van der Waals surface area (Å²) in [5.41, 5.74) is 2.42. The second-order valence-corrected chi connectivity index (χ2v) is 8.46. The molecule has 0 saturated heterocycles. The van der Waals surface area contributed by atoms with E-state index in [1.165, 1.54) is 20.3 Å². The summed E-state index contributed by atoms with van der Waals surface area (Å²) < 4.78 is 21.0. The molecule has 1 heterocycles. The molecule has 1 aliphatic heterocycles. The molecule has 1 aliphatic carbocycles. The summed E-state index contributed by atoms with van der Waals surface area (Å²) in [7, 11) is 2.99. The first-order valence-corrected chi connectivity index (χ1v) is 11.1. The Labute approximate surface area is 197 Å². The van der Waals surface area contributed by atoms with E-state index in [1.54, 1.807) is 6.07 Å². The third-order valence-electron chi connectivity index (χ3n) is 6.03. The zero-order chi connectivity index (χ0) is 23.4. The number of hydrogen-bond acceptors (Lipinski definition) is 7. The molecule has 3 atom stereocenters. The van der Waals surface area contributed by atoms with Crippen molar-refractivity contribution in [1.29, 1.82) is 0 Å². The van der Waals surface area contributed by atoms with Crippen molar-refractivity contribution in [3.8, 4) is 11.5 Å². The maximum Gasteiger partial charge on any atom is 0.241 e. The number of carbonyl (C=O) groups excluding carboxylic acids is 2. The molecule has 0 radical (unpaired) electrons. The molecular weight excluding hydrogens is 448 g/mol. The summed E-state index contributed by atoms with van der Waals surface area (Å²) in [5.74, 6) is 0.0147. The van der Waals surface area contributed by atoms with Gasteiger partial charge in [0.05, 0.1) is 10.6 Å². The Bertz CT molecular complexity index is 1030. The summed E-state index contributed by atoms with van der Waals surface area (Å²) in [5, 5.41) is 6.57. The second-order valence-electron chi connectivity index (χ2n) is 8.06. The van der Waals surface area contributed by atoms with E-state index in [0.29, 0.717) is 30.0 Å². The lowest BCUT2D eigenvalue weighted by Crippen LogP contribution is -2.52. The predicted octanol–water partition coefficient (Wildman–Crippen LogP) is 3.23. The number of amides is 1. The van der Waals surface area contributed by atoms with E-state index in [2.05, 4.69) is 10.6 Å². The first-order chi connectivity index (χ1) is 16.0. The molecule has 1 saturated carbocycles. The number of Topliss-reactive ketones (excluding diaryl/α,β-unsaturated/α-hetero) is 1. The fraction of sp³-hybridized carbons (Fsp3) is 0.417. The fourth-order valence-corrected chi connectivity index (χ4v) is 4.41. The molecule has 2 aromatic carbocycles. The lowest BCUT2D eigenvalue weighted by Gasteiger charge is -2.37. The highest BCUT2D eigenvalue weighted by atomic mass is 35.5. The lowest BCUT2D eigenvalue weighted by molar-refractivity contribution is -0.124. The lowest BCUT2D eigenvalue weighted by atomic mass is 9.74. The average Bonchev–Trinajstić information content (AvgIpc) is 3.24. The normalized spacial score (nSPS) is 21.1. The van der Waals surface area contributed by atoms with Gasteiger partial charge in [0.2, 0.25) is 5.91 Å². The topological polar surface area (TPSA) is 95.1 Å². The van der Waals surface area contributed by atoms with Crippen LogP contribution < -0.4 is 20.1 Å². The van der Waals surface area contributed by atoms with E-state index in [9.17, 15) is 9.59 Å². The first kappa shape index (κ1) is 23.5. The van der Waals surface area contributed by atoms with Gasteiger partial charge in [0.25, 0.3) is 0 Å². The van der Waals surface area contributed by atoms with Gasteiger partial charge in [0, 0.05) is 38.8 Å². The molecule has 1 fully saturated rings. The Morgan fingerprint density at radius 1 is 1.06 bits per heavy atom. The number of ketones is 1. The number of ether oxygens (including phenoxy) is 4. The number of carbonyl (C=O) groups is 2. The minimum absolute atomic E-state index is 0.00575. The maximum absolute atomic E-state index is 13.4. The van der Waals surface area contributed by atoms with Crippen LogP contribution >= 0.6 is 11.6 Å². The van der Waals surface area contributed by atoms with E-state index < -0.39 is 6.04 Å². The third kappa shape index (κ3) is 4.99. The number of halogens is 1. The molecule has 9 heteroatoms. The summed E-state index contributed by atoms with van der Waals surface area (Å²) in [6.45, 7) is 0.618. The van der Waals surface area contributed by atoms with E-state index in [4.69, 9.17) is 30.5 Å². The second kappa shape index (κ2) is 10.5. The zero-order valence-corrected chi connectivity index (χ0v) is 19.3. The summed E-state index contributed by atoms with van der Waals surface area (Å²) >= 11 is 6.34. The highest BCUT2D eigenvalue weighted by Crippen LogP contribution is 2.38. The largest absolute Gasteiger partial charge is 0.467 e. The van der Waals surface area contributed by atoms with Crippen LogP contribution in [-0.2, 0) is 20.8 Å². The molecule has 4 rings (SSSR count). The average molecular weight is 475 g/mol. The van der Waals surface area contributed by atoms with E-state index in [-0.39, 0.29) is 42.3 Å². The minimum Gasteiger partial charge on any atom is -0.467 e. The van der Waals surface area contributed by atoms with Gasteiger partial charge in [-0.15, -0.1) is 0 Å². The van der Waals surface area contributed by atoms with Gasteiger partial charge in [0.15, 0.2) is 19.4 Å². The van der Waals surface area contributed by atoms with E-state index in [0.717, 1.165) is 17.5 Å². The van der Waals surface area contributed by atoms with Crippen LogP contribution in [0.4, 0.5) is 0 Å². The van der Waals surface area contributed by atoms with Crippen molar-refractivity contribution in [1.82, 2.24) is 10.6 Å². The van der Waals surface area contributed by atoms with Crippen LogP contribution in [0, 0.1) is 5.92 Å². The Morgan fingerprint density at radius 3 is 2.48 bits per heavy atom. The highest BCUT2D eigenvalue weighted by molar-refractivity contribution is 6.32. The predicted molar refractivity (Wildman–Crippen MR) is 121 cm³/mol. The van der Waals surface area contributed by atoms with Gasteiger partial charge < -0.3 is 24.3 Å². The van der Waals surface area contributed by atoms with Crippen molar-refractivity contribution in [2.24, 2.45) is 5.92 Å². The van der Waals surface area contributed by atoms with Gasteiger partial charge in [-0.1, -0.05) is 35.9 Å². The number of benzene rings is 2. The van der Waals surface area contributed by atoms with E-state index >= 15 is 0 Å². The number of hydrogen-bond donors (Lipinski definition) is 2. The van der Waals surface area contributed by atoms with Gasteiger partial charge in [-0.2, -0.15) is 0 Å². The molecular formula is C24H27ClN2O6. The molecule has 1 amide bonds. The Morgan fingerprint density at radius 2 is 1.79 bits per heavy atom.